The number of carboxylic acids is 1. The molecule has 1 aromatic rings. The van der Waals surface area contributed by atoms with Crippen LogP contribution in [0.5, 0.6) is 11.5 Å². The zero-order chi connectivity index (χ0) is 16.4. The fraction of sp³-hybridized carbons (Fsp3) is 0.400. The zero-order valence-electron chi connectivity index (χ0n) is 12.1. The number of aromatic hydroxyl groups is 2. The summed E-state index contributed by atoms with van der Waals surface area (Å²) in [7, 11) is 0. The molecule has 0 saturated carbocycles. The number of ether oxygens (including phenoxy) is 3. The molecular weight excluding hydrogens is 292 g/mol. The summed E-state index contributed by atoms with van der Waals surface area (Å²) in [6.45, 7) is 6.22. The van der Waals surface area contributed by atoms with E-state index in [1.54, 1.807) is 0 Å². The van der Waals surface area contributed by atoms with Gasteiger partial charge in [-0.1, -0.05) is 6.58 Å². The Labute approximate surface area is 128 Å². The third-order valence-corrected chi connectivity index (χ3v) is 2.44. The van der Waals surface area contributed by atoms with E-state index in [4.69, 9.17) is 29.5 Å². The van der Waals surface area contributed by atoms with Crippen LogP contribution in [0.15, 0.2) is 36.9 Å². The first kappa shape index (κ1) is 18.0. The van der Waals surface area contributed by atoms with Crippen LogP contribution in [0, 0.1) is 0 Å². The summed E-state index contributed by atoms with van der Waals surface area (Å²) in [6, 6.07) is 5.70. The molecule has 2 saturated heterocycles. The Balaban J connectivity index is 0.000000173. The van der Waals surface area contributed by atoms with E-state index in [0.717, 1.165) is 32.5 Å². The van der Waals surface area contributed by atoms with Crippen LogP contribution in [-0.4, -0.2) is 59.9 Å². The fourth-order valence-corrected chi connectivity index (χ4v) is 1.11. The van der Waals surface area contributed by atoms with Crippen molar-refractivity contribution in [3.63, 3.8) is 0 Å². The minimum absolute atomic E-state index is 0.169. The van der Waals surface area contributed by atoms with Crippen molar-refractivity contribution in [3.05, 3.63) is 36.9 Å². The highest BCUT2D eigenvalue weighted by Gasteiger charge is 2.26. The first-order valence-electron chi connectivity index (χ1n) is 6.65. The van der Waals surface area contributed by atoms with Crippen molar-refractivity contribution in [2.75, 3.05) is 26.4 Å². The van der Waals surface area contributed by atoms with Crippen LogP contribution in [0.2, 0.25) is 0 Å². The van der Waals surface area contributed by atoms with Crippen molar-refractivity contribution in [3.8, 4) is 11.5 Å². The van der Waals surface area contributed by atoms with E-state index in [2.05, 4.69) is 6.58 Å². The predicted molar refractivity (Wildman–Crippen MR) is 77.9 cm³/mol. The van der Waals surface area contributed by atoms with Crippen LogP contribution in [0.3, 0.4) is 0 Å². The molecule has 0 spiro atoms. The number of aliphatic carboxylic acids is 1. The number of benzene rings is 1. The highest BCUT2D eigenvalue weighted by molar-refractivity contribution is 5.78. The van der Waals surface area contributed by atoms with Crippen molar-refractivity contribution in [2.24, 2.45) is 0 Å². The molecule has 2 unspecified atom stereocenters. The molecule has 0 aliphatic carbocycles. The quantitative estimate of drug-likeness (QED) is 0.425. The molecule has 2 heterocycles. The molecule has 22 heavy (non-hydrogen) atoms. The van der Waals surface area contributed by atoms with Crippen LogP contribution in [0.4, 0.5) is 0 Å². The number of carbonyl (C=O) groups is 1. The molecule has 3 N–H and O–H groups in total. The first-order valence-corrected chi connectivity index (χ1v) is 6.65. The lowest BCUT2D eigenvalue weighted by atomic mass is 10.3. The molecule has 2 atom stereocenters. The summed E-state index contributed by atoms with van der Waals surface area (Å²) >= 11 is 0. The van der Waals surface area contributed by atoms with Gasteiger partial charge in [-0.15, -0.1) is 0 Å². The summed E-state index contributed by atoms with van der Waals surface area (Å²) in [4.78, 5) is 9.25. The molecule has 1 aromatic carbocycles. The van der Waals surface area contributed by atoms with Gasteiger partial charge in [0, 0.05) is 6.08 Å². The van der Waals surface area contributed by atoms with Gasteiger partial charge >= 0.3 is 5.97 Å². The summed E-state index contributed by atoms with van der Waals surface area (Å²) in [5.41, 5.74) is 0. The lowest BCUT2D eigenvalue weighted by molar-refractivity contribution is -0.131. The van der Waals surface area contributed by atoms with E-state index in [1.807, 2.05) is 0 Å². The molecule has 0 aromatic heterocycles. The maximum atomic E-state index is 9.25. The second-order valence-electron chi connectivity index (χ2n) is 4.51. The van der Waals surface area contributed by atoms with Crippen molar-refractivity contribution in [1.82, 2.24) is 0 Å². The molecule has 3 rings (SSSR count). The second-order valence-corrected chi connectivity index (χ2v) is 4.51. The molecule has 2 aliphatic heterocycles. The molecule has 122 valence electrons. The van der Waals surface area contributed by atoms with E-state index in [0.29, 0.717) is 12.2 Å². The molecule has 0 radical (unpaired) electrons. The zero-order valence-corrected chi connectivity index (χ0v) is 12.1. The van der Waals surface area contributed by atoms with Gasteiger partial charge < -0.3 is 29.5 Å². The fourth-order valence-electron chi connectivity index (χ4n) is 1.11. The lowest BCUT2D eigenvalue weighted by Gasteiger charge is -1.95. The summed E-state index contributed by atoms with van der Waals surface area (Å²) in [5, 5.41) is 24.9. The van der Waals surface area contributed by atoms with Crippen molar-refractivity contribution in [1.29, 1.82) is 0 Å². The second kappa shape index (κ2) is 9.78. The van der Waals surface area contributed by atoms with Gasteiger partial charge in [0.25, 0.3) is 0 Å². The Kier molecular flexibility index (Phi) is 7.98. The van der Waals surface area contributed by atoms with E-state index < -0.39 is 5.97 Å². The van der Waals surface area contributed by atoms with Gasteiger partial charge in [0.05, 0.1) is 26.4 Å². The highest BCUT2D eigenvalue weighted by atomic mass is 16.6. The minimum Gasteiger partial charge on any atom is -0.508 e. The van der Waals surface area contributed by atoms with Crippen LogP contribution >= 0.6 is 0 Å². The molecule has 2 fully saturated rings. The molecule has 7 nitrogen and oxygen atoms in total. The smallest absolute Gasteiger partial charge is 0.327 e. The third-order valence-electron chi connectivity index (χ3n) is 2.44. The number of carboxylic acid groups (broad SMARTS) is 1. The SMILES string of the molecule is C(OCC1CO1)C1CO1.C=CC(=O)O.Oc1ccc(O)cc1. The monoisotopic (exact) mass is 312 g/mol. The first-order chi connectivity index (χ1) is 10.5. The van der Waals surface area contributed by atoms with Crippen LogP contribution < -0.4 is 0 Å². The van der Waals surface area contributed by atoms with Crippen LogP contribution in [0.25, 0.3) is 0 Å². The molecule has 0 amide bonds. The van der Waals surface area contributed by atoms with E-state index in [9.17, 15) is 4.79 Å². The summed E-state index contributed by atoms with van der Waals surface area (Å²) in [5.74, 6) is -0.643. The topological polar surface area (TPSA) is 112 Å². The third kappa shape index (κ3) is 10.7. The average Bonchev–Trinajstić information content (AvgIpc) is 3.38. The molecule has 2 aliphatic rings. The molecule has 7 heteroatoms. The van der Waals surface area contributed by atoms with Crippen molar-refractivity contribution in [2.45, 2.75) is 12.2 Å². The normalized spacial score (nSPS) is 20.5. The standard InChI is InChI=1S/C6H10O3.C6H6O2.C3H4O2/c1(5-3-8-5)7-2-6-4-9-6;7-5-1-2-6(8)4-3-5;1-2-3(4)5/h5-6H,1-4H2;1-4,7-8H;2H,1H2,(H,4,5). The molecular formula is C15H20O7. The van der Waals surface area contributed by atoms with Gasteiger partial charge in [0.2, 0.25) is 0 Å². The molecule has 0 bridgehead atoms. The van der Waals surface area contributed by atoms with E-state index >= 15 is 0 Å². The number of rotatable bonds is 5. The largest absolute Gasteiger partial charge is 0.508 e. The van der Waals surface area contributed by atoms with Crippen molar-refractivity contribution >= 4 is 5.97 Å². The average molecular weight is 312 g/mol. The van der Waals surface area contributed by atoms with Crippen LogP contribution in [0.1, 0.15) is 0 Å². The lowest BCUT2D eigenvalue weighted by Crippen LogP contribution is -2.06. The summed E-state index contributed by atoms with van der Waals surface area (Å²) < 4.78 is 15.1. The Morgan fingerprint density at radius 2 is 1.45 bits per heavy atom. The number of hydrogen-bond donors (Lipinski definition) is 3. The number of phenols is 2. The predicted octanol–water partition coefficient (Wildman–Crippen LogP) is 1.16. The van der Waals surface area contributed by atoms with Gasteiger partial charge in [-0.25, -0.2) is 4.79 Å². The van der Waals surface area contributed by atoms with Gasteiger partial charge in [0.1, 0.15) is 23.7 Å². The maximum Gasteiger partial charge on any atom is 0.327 e. The van der Waals surface area contributed by atoms with E-state index in [1.165, 1.54) is 24.3 Å². The summed E-state index contributed by atoms with van der Waals surface area (Å²) in [6.07, 6.45) is 1.62. The van der Waals surface area contributed by atoms with Gasteiger partial charge in [-0.05, 0) is 24.3 Å². The van der Waals surface area contributed by atoms with Gasteiger partial charge in [-0.2, -0.15) is 0 Å². The Hall–Kier alpha value is -2.09. The number of epoxide rings is 2. The van der Waals surface area contributed by atoms with E-state index in [-0.39, 0.29) is 11.5 Å². The Morgan fingerprint density at radius 1 is 1.14 bits per heavy atom. The Bertz CT molecular complexity index is 416. The highest BCUT2D eigenvalue weighted by Crippen LogP contribution is 2.13. The van der Waals surface area contributed by atoms with Gasteiger partial charge in [-0.3, -0.25) is 0 Å². The van der Waals surface area contributed by atoms with Crippen LogP contribution in [-0.2, 0) is 19.0 Å². The minimum atomic E-state index is -0.981. The van der Waals surface area contributed by atoms with Gasteiger partial charge in [0.15, 0.2) is 0 Å². The maximum absolute atomic E-state index is 9.25. The van der Waals surface area contributed by atoms with Crippen molar-refractivity contribution < 1.29 is 34.3 Å². The number of hydrogen-bond acceptors (Lipinski definition) is 6. The Morgan fingerprint density at radius 3 is 1.68 bits per heavy atom. The number of phenolic OH excluding ortho intramolecular Hbond substituents is 2.